The zero-order chi connectivity index (χ0) is 13.4. The molecule has 1 nitrogen and oxygen atoms in total. The lowest BCUT2D eigenvalue weighted by atomic mass is 9.71. The molecule has 17 heavy (non-hydrogen) atoms. The van der Waals surface area contributed by atoms with Gasteiger partial charge in [-0.05, 0) is 38.8 Å². The quantitative estimate of drug-likeness (QED) is 0.439. The maximum absolute atomic E-state index is 3.88. The molecule has 0 N–H and O–H groups in total. The van der Waals surface area contributed by atoms with Crippen LogP contribution in [0.4, 0.5) is 0 Å². The van der Waals surface area contributed by atoms with Crippen molar-refractivity contribution in [3.05, 3.63) is 12.7 Å². The second-order valence-corrected chi connectivity index (χ2v) is 6.10. The summed E-state index contributed by atoms with van der Waals surface area (Å²) in [5.74, 6) is 2.35. The molecule has 0 saturated carbocycles. The summed E-state index contributed by atoms with van der Waals surface area (Å²) in [5, 5.41) is 0. The van der Waals surface area contributed by atoms with Crippen LogP contribution < -0.4 is 0 Å². The van der Waals surface area contributed by atoms with E-state index in [2.05, 4.69) is 60.3 Å². The smallest absolute Gasteiger partial charge is 0.107 e. The zero-order valence-electron chi connectivity index (χ0n) is 12.9. The molecule has 0 heterocycles. The first kappa shape index (κ1) is 16.8. The summed E-state index contributed by atoms with van der Waals surface area (Å²) in [6.07, 6.45) is 7.19. The van der Waals surface area contributed by atoms with Crippen LogP contribution in [0.5, 0.6) is 0 Å². The number of nitrogens with zero attached hydrogens (tertiary/aromatic N) is 1. The van der Waals surface area contributed by atoms with E-state index in [4.69, 9.17) is 0 Å². The Morgan fingerprint density at radius 2 is 1.82 bits per heavy atom. The average molecular weight is 237 g/mol. The Morgan fingerprint density at radius 1 is 1.24 bits per heavy atom. The van der Waals surface area contributed by atoms with Crippen molar-refractivity contribution in [1.29, 1.82) is 0 Å². The Balaban J connectivity index is 4.56. The minimum absolute atomic E-state index is 0.691. The van der Waals surface area contributed by atoms with Gasteiger partial charge in [0.15, 0.2) is 0 Å². The lowest BCUT2D eigenvalue weighted by Crippen LogP contribution is -2.39. The average Bonchev–Trinajstić information content (AvgIpc) is 2.23. The molecule has 3 atom stereocenters. The van der Waals surface area contributed by atoms with Crippen molar-refractivity contribution in [2.45, 2.75) is 58.3 Å². The minimum Gasteiger partial charge on any atom is -0.307 e. The first-order valence-corrected chi connectivity index (χ1v) is 7.21. The predicted octanol–water partition coefficient (Wildman–Crippen LogP) is 3.38. The molecule has 100 valence electrons. The molecule has 0 aromatic carbocycles. The van der Waals surface area contributed by atoms with E-state index in [1.165, 1.54) is 19.3 Å². The normalized spacial score (nSPS) is 17.1. The van der Waals surface area contributed by atoms with Gasteiger partial charge >= 0.3 is 0 Å². The molecular weight excluding hydrogens is 205 g/mol. The van der Waals surface area contributed by atoms with Crippen LogP contribution in [0.2, 0.25) is 5.82 Å². The topological polar surface area (TPSA) is 3.24 Å². The standard InChI is InChI=1S/C15H32BN/c1-7-9-14(16)15(17(5)6)13(8-2)11-10-12(3)4/h7,12-15H,1,8-11,16H2,2-6H3. The molecule has 0 aromatic rings. The summed E-state index contributed by atoms with van der Waals surface area (Å²) in [7, 11) is 6.81. The third-order valence-corrected chi connectivity index (χ3v) is 3.84. The van der Waals surface area contributed by atoms with Gasteiger partial charge in [0.2, 0.25) is 0 Å². The number of hydrogen-bond donors (Lipinski definition) is 0. The third kappa shape index (κ3) is 6.31. The molecular formula is C15H32BN. The second-order valence-electron chi connectivity index (χ2n) is 6.10. The molecule has 0 spiro atoms. The van der Waals surface area contributed by atoms with Gasteiger partial charge in [-0.2, -0.15) is 0 Å². The van der Waals surface area contributed by atoms with E-state index in [1.54, 1.807) is 0 Å². The zero-order valence-corrected chi connectivity index (χ0v) is 12.9. The van der Waals surface area contributed by atoms with E-state index < -0.39 is 0 Å². The maximum Gasteiger partial charge on any atom is 0.107 e. The summed E-state index contributed by atoms with van der Waals surface area (Å²) in [6, 6.07) is 0.691. The van der Waals surface area contributed by atoms with Crippen LogP contribution in [0.15, 0.2) is 12.7 Å². The van der Waals surface area contributed by atoms with Gasteiger partial charge in [0.25, 0.3) is 0 Å². The highest BCUT2D eigenvalue weighted by Crippen LogP contribution is 2.30. The van der Waals surface area contributed by atoms with E-state index in [-0.39, 0.29) is 0 Å². The van der Waals surface area contributed by atoms with Gasteiger partial charge in [-0.15, -0.1) is 6.58 Å². The van der Waals surface area contributed by atoms with Crippen LogP contribution in [-0.4, -0.2) is 32.9 Å². The van der Waals surface area contributed by atoms with Crippen LogP contribution >= 0.6 is 0 Å². The van der Waals surface area contributed by atoms with Crippen molar-refractivity contribution in [3.8, 4) is 0 Å². The van der Waals surface area contributed by atoms with E-state index in [1.807, 2.05) is 0 Å². The Bertz CT molecular complexity index is 201. The molecule has 0 aliphatic rings. The molecule has 0 fully saturated rings. The molecule has 0 rings (SSSR count). The van der Waals surface area contributed by atoms with Gasteiger partial charge < -0.3 is 4.90 Å². The van der Waals surface area contributed by atoms with Crippen LogP contribution in [0.1, 0.15) is 46.5 Å². The lowest BCUT2D eigenvalue weighted by Gasteiger charge is -2.37. The van der Waals surface area contributed by atoms with E-state index in [0.29, 0.717) is 11.9 Å². The van der Waals surface area contributed by atoms with Crippen molar-refractivity contribution in [1.82, 2.24) is 4.90 Å². The van der Waals surface area contributed by atoms with Crippen LogP contribution in [0.25, 0.3) is 0 Å². The molecule has 0 amide bonds. The molecule has 2 heteroatoms. The summed E-state index contributed by atoms with van der Waals surface area (Å²) in [4.78, 5) is 2.42. The fourth-order valence-corrected chi connectivity index (χ4v) is 2.96. The van der Waals surface area contributed by atoms with Crippen molar-refractivity contribution >= 4 is 7.85 Å². The van der Waals surface area contributed by atoms with E-state index >= 15 is 0 Å². The van der Waals surface area contributed by atoms with Crippen molar-refractivity contribution in [2.75, 3.05) is 14.1 Å². The van der Waals surface area contributed by atoms with Crippen LogP contribution in [0, 0.1) is 11.8 Å². The highest BCUT2D eigenvalue weighted by molar-refractivity contribution is 6.12. The number of allylic oxidation sites excluding steroid dienone is 1. The Labute approximate surface area is 110 Å². The van der Waals surface area contributed by atoms with Gasteiger partial charge in [0.1, 0.15) is 7.85 Å². The fourth-order valence-electron chi connectivity index (χ4n) is 2.96. The molecule has 0 aromatic heterocycles. The molecule has 3 unspecified atom stereocenters. The predicted molar refractivity (Wildman–Crippen MR) is 82.4 cm³/mol. The highest BCUT2D eigenvalue weighted by atomic mass is 15.1. The van der Waals surface area contributed by atoms with Crippen LogP contribution in [0.3, 0.4) is 0 Å². The Kier molecular flexibility index (Phi) is 8.68. The molecule has 0 aliphatic carbocycles. The first-order chi connectivity index (χ1) is 7.93. The largest absolute Gasteiger partial charge is 0.307 e. The second kappa shape index (κ2) is 8.80. The summed E-state index contributed by atoms with van der Waals surface area (Å²) in [5.41, 5.74) is 0. The number of rotatable bonds is 9. The first-order valence-electron chi connectivity index (χ1n) is 7.21. The molecule has 0 radical (unpaired) electrons. The third-order valence-electron chi connectivity index (χ3n) is 3.84. The van der Waals surface area contributed by atoms with Gasteiger partial charge in [0.05, 0.1) is 0 Å². The summed E-state index contributed by atoms with van der Waals surface area (Å²) >= 11 is 0. The highest BCUT2D eigenvalue weighted by Gasteiger charge is 2.26. The minimum atomic E-state index is 0.691. The maximum atomic E-state index is 3.88. The van der Waals surface area contributed by atoms with Gasteiger partial charge in [-0.25, -0.2) is 0 Å². The van der Waals surface area contributed by atoms with Crippen molar-refractivity contribution < 1.29 is 0 Å². The number of hydrogen-bond acceptors (Lipinski definition) is 1. The monoisotopic (exact) mass is 237 g/mol. The molecule has 0 aliphatic heterocycles. The fraction of sp³-hybridized carbons (Fsp3) is 0.867. The van der Waals surface area contributed by atoms with E-state index in [9.17, 15) is 0 Å². The van der Waals surface area contributed by atoms with Crippen molar-refractivity contribution in [2.24, 2.45) is 11.8 Å². The van der Waals surface area contributed by atoms with Gasteiger partial charge in [-0.3, -0.25) is 0 Å². The molecule has 0 bridgehead atoms. The van der Waals surface area contributed by atoms with Gasteiger partial charge in [-0.1, -0.05) is 45.5 Å². The summed E-state index contributed by atoms with van der Waals surface area (Å²) in [6.45, 7) is 10.9. The van der Waals surface area contributed by atoms with Gasteiger partial charge in [0, 0.05) is 6.04 Å². The molecule has 0 saturated heterocycles. The van der Waals surface area contributed by atoms with E-state index in [0.717, 1.165) is 18.3 Å². The Hall–Kier alpha value is -0.235. The SMILES string of the molecule is BC(CC=C)C(C(CC)CCC(C)C)N(C)C. The lowest BCUT2D eigenvalue weighted by molar-refractivity contribution is 0.179. The summed E-state index contributed by atoms with van der Waals surface area (Å²) < 4.78 is 0. The Morgan fingerprint density at radius 3 is 2.18 bits per heavy atom. The van der Waals surface area contributed by atoms with Crippen LogP contribution in [-0.2, 0) is 0 Å². The van der Waals surface area contributed by atoms with Crippen molar-refractivity contribution in [3.63, 3.8) is 0 Å².